The number of carbonyl (C=O) groups excluding carboxylic acids is 2. The zero-order chi connectivity index (χ0) is 14.1. The predicted octanol–water partition coefficient (Wildman–Crippen LogP) is 0.401. The second-order valence-electron chi connectivity index (χ2n) is 5.64. The summed E-state index contributed by atoms with van der Waals surface area (Å²) in [6.45, 7) is 1.03. The lowest BCUT2D eigenvalue weighted by molar-refractivity contribution is -0.131. The predicted molar refractivity (Wildman–Crippen MR) is 82.0 cm³/mol. The molecule has 0 aromatic heterocycles. The van der Waals surface area contributed by atoms with E-state index in [9.17, 15) is 9.59 Å². The van der Waals surface area contributed by atoms with Gasteiger partial charge in [0.05, 0.1) is 11.8 Å². The number of carbonyl (C=O) groups is 2. The lowest BCUT2D eigenvalue weighted by atomic mass is 9.94. The average molecular weight is 310 g/mol. The quantitative estimate of drug-likeness (QED) is 0.753. The van der Waals surface area contributed by atoms with Crippen molar-refractivity contribution in [1.29, 1.82) is 0 Å². The van der Waals surface area contributed by atoms with E-state index in [4.69, 9.17) is 5.73 Å². The van der Waals surface area contributed by atoms with Crippen LogP contribution in [0.15, 0.2) is 30.3 Å². The Kier molecular flexibility index (Phi) is 4.85. The Hall–Kier alpha value is -1.59. The van der Waals surface area contributed by atoms with Crippen molar-refractivity contribution in [2.75, 3.05) is 13.1 Å². The molecule has 1 aromatic rings. The summed E-state index contributed by atoms with van der Waals surface area (Å²) in [7, 11) is 0. The zero-order valence-corrected chi connectivity index (χ0v) is 12.4. The number of hydrogen-bond donors (Lipinski definition) is 3. The summed E-state index contributed by atoms with van der Waals surface area (Å²) in [6, 6.07) is 10.4. The van der Waals surface area contributed by atoms with E-state index in [1.807, 2.05) is 18.2 Å². The first-order valence-corrected chi connectivity index (χ1v) is 7.02. The van der Waals surface area contributed by atoms with E-state index >= 15 is 0 Å². The summed E-state index contributed by atoms with van der Waals surface area (Å²) < 4.78 is 0. The van der Waals surface area contributed by atoms with Gasteiger partial charge in [0, 0.05) is 25.0 Å². The van der Waals surface area contributed by atoms with Gasteiger partial charge >= 0.3 is 0 Å². The molecule has 5 nitrogen and oxygen atoms in total. The van der Waals surface area contributed by atoms with Crippen LogP contribution in [0.2, 0.25) is 0 Å². The summed E-state index contributed by atoms with van der Waals surface area (Å²) in [4.78, 5) is 23.5. The second kappa shape index (κ2) is 6.45. The molecule has 1 saturated heterocycles. The molecule has 2 fully saturated rings. The molecular weight excluding hydrogens is 290 g/mol. The molecule has 1 heterocycles. The number of primary amides is 1. The molecule has 114 valence electrons. The van der Waals surface area contributed by atoms with Gasteiger partial charge in [0.1, 0.15) is 0 Å². The third-order valence-corrected chi connectivity index (χ3v) is 4.26. The Morgan fingerprint density at radius 3 is 2.48 bits per heavy atom. The lowest BCUT2D eigenvalue weighted by Gasteiger charge is -2.15. The first kappa shape index (κ1) is 15.8. The van der Waals surface area contributed by atoms with Crippen molar-refractivity contribution in [3.8, 4) is 0 Å². The number of nitrogens with two attached hydrogens (primary N) is 1. The average Bonchev–Trinajstić information content (AvgIpc) is 3.02. The van der Waals surface area contributed by atoms with Crippen molar-refractivity contribution in [3.63, 3.8) is 0 Å². The summed E-state index contributed by atoms with van der Waals surface area (Å²) in [5.74, 6) is -0.761. The van der Waals surface area contributed by atoms with Gasteiger partial charge in [0.25, 0.3) is 0 Å². The maximum atomic E-state index is 12.2. The van der Waals surface area contributed by atoms with Crippen molar-refractivity contribution >= 4 is 24.2 Å². The molecule has 2 amide bonds. The number of hydrogen-bond acceptors (Lipinski definition) is 3. The van der Waals surface area contributed by atoms with Crippen LogP contribution in [0.25, 0.3) is 0 Å². The van der Waals surface area contributed by atoms with Crippen LogP contribution >= 0.6 is 12.4 Å². The molecular formula is C15H20ClN3O2. The molecule has 2 unspecified atom stereocenters. The minimum absolute atomic E-state index is 0. The summed E-state index contributed by atoms with van der Waals surface area (Å²) in [5, 5.41) is 6.10. The Balaban J connectivity index is 0.00000161. The molecule has 2 aliphatic rings. The highest BCUT2D eigenvalue weighted by Crippen LogP contribution is 2.40. The van der Waals surface area contributed by atoms with Crippen molar-refractivity contribution in [2.45, 2.75) is 18.4 Å². The highest BCUT2D eigenvalue weighted by molar-refractivity contribution is 5.88. The Morgan fingerprint density at radius 1 is 1.14 bits per heavy atom. The van der Waals surface area contributed by atoms with Crippen molar-refractivity contribution in [2.24, 2.45) is 17.6 Å². The highest BCUT2D eigenvalue weighted by atomic mass is 35.5. The minimum Gasteiger partial charge on any atom is -0.369 e. The molecule has 1 aromatic carbocycles. The molecule has 3 rings (SSSR count). The standard InChI is InChI=1S/C15H19N3O2.ClH/c16-14(19)11-7-17-8-12(11)15(20)18-13-6-10(13)9-4-2-1-3-5-9;/h1-5,10-13,17H,6-8H2,(H2,16,19)(H,18,20);1H/t10-,11?,12?,13+;/m1./s1. The largest absolute Gasteiger partial charge is 0.369 e. The topological polar surface area (TPSA) is 84.2 Å². The van der Waals surface area contributed by atoms with Crippen LogP contribution in [0.1, 0.15) is 17.9 Å². The second-order valence-corrected chi connectivity index (χ2v) is 5.64. The molecule has 4 atom stereocenters. The number of rotatable bonds is 4. The molecule has 1 aliphatic heterocycles. The SMILES string of the molecule is Cl.NC(=O)C1CNCC1C(=O)N[C@H]1C[C@@H]1c1ccccc1. The first-order chi connectivity index (χ1) is 9.66. The highest BCUT2D eigenvalue weighted by Gasteiger charge is 2.43. The molecule has 0 bridgehead atoms. The van der Waals surface area contributed by atoms with Gasteiger partial charge < -0.3 is 16.4 Å². The number of benzene rings is 1. The number of amides is 2. The van der Waals surface area contributed by atoms with Crippen LogP contribution in [-0.2, 0) is 9.59 Å². The van der Waals surface area contributed by atoms with E-state index in [2.05, 4.69) is 22.8 Å². The maximum Gasteiger partial charge on any atom is 0.225 e. The van der Waals surface area contributed by atoms with Crippen LogP contribution in [0.3, 0.4) is 0 Å². The minimum atomic E-state index is -0.398. The van der Waals surface area contributed by atoms with E-state index in [0.29, 0.717) is 19.0 Å². The third kappa shape index (κ3) is 3.36. The smallest absolute Gasteiger partial charge is 0.225 e. The summed E-state index contributed by atoms with van der Waals surface area (Å²) >= 11 is 0. The van der Waals surface area contributed by atoms with Gasteiger partial charge in [-0.1, -0.05) is 30.3 Å². The Labute approximate surface area is 130 Å². The van der Waals surface area contributed by atoms with Crippen LogP contribution < -0.4 is 16.4 Å². The summed E-state index contributed by atoms with van der Waals surface area (Å²) in [5.41, 5.74) is 6.59. The molecule has 1 aliphatic carbocycles. The van der Waals surface area contributed by atoms with Crippen LogP contribution in [0, 0.1) is 11.8 Å². The zero-order valence-electron chi connectivity index (χ0n) is 11.6. The van der Waals surface area contributed by atoms with Gasteiger partial charge in [-0.2, -0.15) is 0 Å². The monoisotopic (exact) mass is 309 g/mol. The Bertz CT molecular complexity index is 523. The fourth-order valence-electron chi connectivity index (χ4n) is 2.97. The van der Waals surface area contributed by atoms with Gasteiger partial charge in [0.15, 0.2) is 0 Å². The summed E-state index contributed by atoms with van der Waals surface area (Å²) in [6.07, 6.45) is 0.969. The van der Waals surface area contributed by atoms with Crippen LogP contribution in [0.4, 0.5) is 0 Å². The van der Waals surface area contributed by atoms with Crippen LogP contribution in [0.5, 0.6) is 0 Å². The van der Waals surface area contributed by atoms with E-state index in [-0.39, 0.29) is 36.2 Å². The van der Waals surface area contributed by atoms with E-state index < -0.39 is 5.91 Å². The number of halogens is 1. The van der Waals surface area contributed by atoms with Gasteiger partial charge in [-0.25, -0.2) is 0 Å². The first-order valence-electron chi connectivity index (χ1n) is 7.02. The van der Waals surface area contributed by atoms with Crippen molar-refractivity contribution in [3.05, 3.63) is 35.9 Å². The lowest BCUT2D eigenvalue weighted by Crippen LogP contribution is -2.40. The van der Waals surface area contributed by atoms with Gasteiger partial charge in [0.2, 0.25) is 11.8 Å². The maximum absolute atomic E-state index is 12.2. The molecule has 1 saturated carbocycles. The molecule has 4 N–H and O–H groups in total. The molecule has 0 radical (unpaired) electrons. The van der Waals surface area contributed by atoms with E-state index in [0.717, 1.165) is 6.42 Å². The van der Waals surface area contributed by atoms with Gasteiger partial charge in [-0.15, -0.1) is 12.4 Å². The van der Waals surface area contributed by atoms with Crippen LogP contribution in [-0.4, -0.2) is 30.9 Å². The number of nitrogens with one attached hydrogen (secondary N) is 2. The molecule has 0 spiro atoms. The fraction of sp³-hybridized carbons (Fsp3) is 0.467. The fourth-order valence-corrected chi connectivity index (χ4v) is 2.97. The normalized spacial score (nSPS) is 30.3. The van der Waals surface area contributed by atoms with Crippen molar-refractivity contribution in [1.82, 2.24) is 10.6 Å². The van der Waals surface area contributed by atoms with Gasteiger partial charge in [-0.3, -0.25) is 9.59 Å². The van der Waals surface area contributed by atoms with E-state index in [1.54, 1.807) is 0 Å². The molecule has 6 heteroatoms. The third-order valence-electron chi connectivity index (χ3n) is 4.26. The van der Waals surface area contributed by atoms with Crippen molar-refractivity contribution < 1.29 is 9.59 Å². The van der Waals surface area contributed by atoms with Gasteiger partial charge in [-0.05, 0) is 12.0 Å². The Morgan fingerprint density at radius 2 is 1.81 bits per heavy atom. The van der Waals surface area contributed by atoms with E-state index in [1.165, 1.54) is 5.56 Å². The molecule has 21 heavy (non-hydrogen) atoms.